The molecule has 2 aliphatic heterocycles. The van der Waals surface area contributed by atoms with Crippen molar-refractivity contribution < 1.29 is 19.1 Å². The Kier molecular flexibility index (Phi) is 4.26. The Morgan fingerprint density at radius 3 is 2.74 bits per heavy atom. The third kappa shape index (κ3) is 3.47. The second-order valence-corrected chi connectivity index (χ2v) is 6.36. The van der Waals surface area contributed by atoms with Gasteiger partial charge in [-0.15, -0.1) is 0 Å². The minimum Gasteiger partial charge on any atom is -0.467 e. The number of nitrogens with zero attached hydrogens (tertiary/aromatic N) is 1. The van der Waals surface area contributed by atoms with E-state index in [1.807, 2.05) is 36.9 Å². The highest BCUT2D eigenvalue weighted by Crippen LogP contribution is 2.33. The molecule has 0 radical (unpaired) electrons. The van der Waals surface area contributed by atoms with Crippen LogP contribution >= 0.6 is 0 Å². The SMILES string of the molecule is CC(C)OC(=O)CN1CCC2(CC1)NC(=O)c1ccccc1O2. The summed E-state index contributed by atoms with van der Waals surface area (Å²) in [7, 11) is 0. The van der Waals surface area contributed by atoms with Crippen LogP contribution in [0.5, 0.6) is 5.75 Å². The molecule has 2 aliphatic rings. The molecule has 0 aromatic heterocycles. The third-order valence-electron chi connectivity index (χ3n) is 4.16. The predicted molar refractivity (Wildman–Crippen MR) is 84.2 cm³/mol. The molecule has 6 nitrogen and oxygen atoms in total. The van der Waals surface area contributed by atoms with E-state index in [2.05, 4.69) is 5.32 Å². The van der Waals surface area contributed by atoms with Crippen LogP contribution in [0.2, 0.25) is 0 Å². The molecular weight excluding hydrogens is 296 g/mol. The number of carbonyl (C=O) groups is 2. The van der Waals surface area contributed by atoms with Gasteiger partial charge in [-0.25, -0.2) is 0 Å². The van der Waals surface area contributed by atoms with E-state index in [0.717, 1.165) is 0 Å². The van der Waals surface area contributed by atoms with Gasteiger partial charge in [0.15, 0.2) is 5.72 Å². The van der Waals surface area contributed by atoms with Gasteiger partial charge >= 0.3 is 5.97 Å². The normalized spacial score (nSPS) is 19.9. The molecule has 1 spiro atoms. The molecule has 0 unspecified atom stereocenters. The fraction of sp³-hybridized carbons (Fsp3) is 0.529. The maximum absolute atomic E-state index is 12.3. The first-order chi connectivity index (χ1) is 11.0. The molecular formula is C17H22N2O4. The van der Waals surface area contributed by atoms with E-state index in [4.69, 9.17) is 9.47 Å². The largest absolute Gasteiger partial charge is 0.467 e. The summed E-state index contributed by atoms with van der Waals surface area (Å²) in [6, 6.07) is 7.27. The molecule has 0 bridgehead atoms. The summed E-state index contributed by atoms with van der Waals surface area (Å²) in [4.78, 5) is 26.0. The molecule has 1 amide bonds. The summed E-state index contributed by atoms with van der Waals surface area (Å²) in [5, 5.41) is 2.99. The number of rotatable bonds is 3. The van der Waals surface area contributed by atoms with Crippen molar-refractivity contribution in [1.29, 1.82) is 0 Å². The van der Waals surface area contributed by atoms with E-state index >= 15 is 0 Å². The number of benzene rings is 1. The number of likely N-dealkylation sites (tertiary alicyclic amines) is 1. The molecule has 2 heterocycles. The first-order valence-corrected chi connectivity index (χ1v) is 8.00. The van der Waals surface area contributed by atoms with Gasteiger partial charge in [-0.2, -0.15) is 0 Å². The van der Waals surface area contributed by atoms with Crippen LogP contribution in [-0.4, -0.2) is 48.2 Å². The van der Waals surface area contributed by atoms with Gasteiger partial charge in [0.1, 0.15) is 5.75 Å². The van der Waals surface area contributed by atoms with Crippen molar-refractivity contribution in [3.8, 4) is 5.75 Å². The van der Waals surface area contributed by atoms with E-state index in [0.29, 0.717) is 37.2 Å². The Labute approximate surface area is 135 Å². The standard InChI is InChI=1S/C17H22N2O4/c1-12(2)22-15(20)11-19-9-7-17(8-10-19)18-16(21)13-5-3-4-6-14(13)23-17/h3-6,12H,7-11H2,1-2H3,(H,18,21). The van der Waals surface area contributed by atoms with Crippen molar-refractivity contribution in [2.75, 3.05) is 19.6 Å². The zero-order valence-electron chi connectivity index (χ0n) is 13.5. The first-order valence-electron chi connectivity index (χ1n) is 8.00. The molecule has 1 aromatic carbocycles. The molecule has 0 saturated carbocycles. The molecule has 1 aromatic rings. The van der Waals surface area contributed by atoms with Gasteiger partial charge in [0.25, 0.3) is 5.91 Å². The van der Waals surface area contributed by atoms with Crippen LogP contribution in [0, 0.1) is 0 Å². The fourth-order valence-electron chi connectivity index (χ4n) is 3.04. The van der Waals surface area contributed by atoms with E-state index in [1.165, 1.54) is 0 Å². The van der Waals surface area contributed by atoms with Crippen molar-refractivity contribution in [3.05, 3.63) is 29.8 Å². The van der Waals surface area contributed by atoms with Gasteiger partial charge < -0.3 is 14.8 Å². The van der Waals surface area contributed by atoms with Crippen molar-refractivity contribution in [2.24, 2.45) is 0 Å². The number of hydrogen-bond acceptors (Lipinski definition) is 5. The van der Waals surface area contributed by atoms with Crippen molar-refractivity contribution in [2.45, 2.75) is 38.5 Å². The number of para-hydroxylation sites is 1. The number of carbonyl (C=O) groups excluding carboxylic acids is 2. The molecule has 1 fully saturated rings. The lowest BCUT2D eigenvalue weighted by Gasteiger charge is -2.44. The van der Waals surface area contributed by atoms with Crippen LogP contribution in [0.4, 0.5) is 0 Å². The highest BCUT2D eigenvalue weighted by molar-refractivity contribution is 5.98. The fourth-order valence-corrected chi connectivity index (χ4v) is 3.04. The molecule has 0 aliphatic carbocycles. The number of ether oxygens (including phenoxy) is 2. The van der Waals surface area contributed by atoms with E-state index in [1.54, 1.807) is 6.07 Å². The van der Waals surface area contributed by atoms with E-state index < -0.39 is 5.72 Å². The van der Waals surface area contributed by atoms with Crippen LogP contribution in [0.15, 0.2) is 24.3 Å². The summed E-state index contributed by atoms with van der Waals surface area (Å²) in [5.74, 6) is 0.318. The average molecular weight is 318 g/mol. The zero-order valence-corrected chi connectivity index (χ0v) is 13.5. The lowest BCUT2D eigenvalue weighted by atomic mass is 9.97. The Balaban J connectivity index is 1.61. The highest BCUT2D eigenvalue weighted by atomic mass is 16.5. The van der Waals surface area contributed by atoms with Crippen LogP contribution in [-0.2, 0) is 9.53 Å². The van der Waals surface area contributed by atoms with Gasteiger partial charge in [-0.05, 0) is 26.0 Å². The number of esters is 1. The second-order valence-electron chi connectivity index (χ2n) is 6.36. The Bertz CT molecular complexity index is 606. The summed E-state index contributed by atoms with van der Waals surface area (Å²) in [6.45, 7) is 5.31. The van der Waals surface area contributed by atoms with Crippen LogP contribution in [0.25, 0.3) is 0 Å². The van der Waals surface area contributed by atoms with Gasteiger partial charge in [-0.1, -0.05) is 12.1 Å². The van der Waals surface area contributed by atoms with E-state index in [-0.39, 0.29) is 24.5 Å². The van der Waals surface area contributed by atoms with Crippen molar-refractivity contribution >= 4 is 11.9 Å². The first kappa shape index (κ1) is 15.8. The van der Waals surface area contributed by atoms with Crippen molar-refractivity contribution in [3.63, 3.8) is 0 Å². The van der Waals surface area contributed by atoms with Gasteiger partial charge in [-0.3, -0.25) is 14.5 Å². The third-order valence-corrected chi connectivity index (χ3v) is 4.16. The molecule has 1 N–H and O–H groups in total. The molecule has 3 rings (SSSR count). The number of piperidine rings is 1. The minimum absolute atomic E-state index is 0.0977. The van der Waals surface area contributed by atoms with Crippen LogP contribution < -0.4 is 10.1 Å². The lowest BCUT2D eigenvalue weighted by Crippen LogP contribution is -2.61. The summed E-state index contributed by atoms with van der Waals surface area (Å²) >= 11 is 0. The smallest absolute Gasteiger partial charge is 0.320 e. The summed E-state index contributed by atoms with van der Waals surface area (Å²) < 4.78 is 11.2. The molecule has 6 heteroatoms. The Morgan fingerprint density at radius 2 is 2.04 bits per heavy atom. The van der Waals surface area contributed by atoms with Crippen LogP contribution in [0.1, 0.15) is 37.0 Å². The molecule has 0 atom stereocenters. The molecule has 1 saturated heterocycles. The summed E-state index contributed by atoms with van der Waals surface area (Å²) in [5.41, 5.74) is -0.0924. The minimum atomic E-state index is -0.663. The van der Waals surface area contributed by atoms with Crippen molar-refractivity contribution in [1.82, 2.24) is 10.2 Å². The Hall–Kier alpha value is -2.08. The number of fused-ring (bicyclic) bond motifs is 1. The molecule has 124 valence electrons. The quantitative estimate of drug-likeness (QED) is 0.857. The molecule has 23 heavy (non-hydrogen) atoms. The van der Waals surface area contributed by atoms with Crippen LogP contribution in [0.3, 0.4) is 0 Å². The summed E-state index contributed by atoms with van der Waals surface area (Å²) in [6.07, 6.45) is 1.18. The average Bonchev–Trinajstić information content (AvgIpc) is 2.49. The number of hydrogen-bond donors (Lipinski definition) is 1. The highest BCUT2D eigenvalue weighted by Gasteiger charge is 2.42. The number of nitrogens with one attached hydrogen (secondary N) is 1. The van der Waals surface area contributed by atoms with Gasteiger partial charge in [0.05, 0.1) is 18.2 Å². The lowest BCUT2D eigenvalue weighted by molar-refractivity contribution is -0.149. The van der Waals surface area contributed by atoms with E-state index in [9.17, 15) is 9.59 Å². The Morgan fingerprint density at radius 1 is 1.35 bits per heavy atom. The predicted octanol–water partition coefficient (Wildman–Crippen LogP) is 1.55. The maximum atomic E-state index is 12.3. The number of amides is 1. The monoisotopic (exact) mass is 318 g/mol. The maximum Gasteiger partial charge on any atom is 0.320 e. The topological polar surface area (TPSA) is 67.9 Å². The zero-order chi connectivity index (χ0) is 16.4. The van der Waals surface area contributed by atoms with Gasteiger partial charge in [0, 0.05) is 25.9 Å². The second kappa shape index (κ2) is 6.20. The van der Waals surface area contributed by atoms with Gasteiger partial charge in [0.2, 0.25) is 0 Å².